The quantitative estimate of drug-likeness (QED) is 0.505. The zero-order valence-corrected chi connectivity index (χ0v) is 6.22. The molecule has 0 spiro atoms. The summed E-state index contributed by atoms with van der Waals surface area (Å²) in [6.45, 7) is -0.634. The Bertz CT molecular complexity index is 211. The molecule has 0 aliphatic carbocycles. The van der Waals surface area contributed by atoms with Crippen LogP contribution in [0.3, 0.4) is 0 Å². The van der Waals surface area contributed by atoms with Gasteiger partial charge >= 0.3 is 0 Å². The van der Waals surface area contributed by atoms with Crippen LogP contribution in [-0.2, 0) is 9.59 Å². The summed E-state index contributed by atoms with van der Waals surface area (Å²) >= 11 is 0.802. The lowest BCUT2D eigenvalue weighted by atomic mass is 10.5. The Morgan fingerprint density at radius 3 is 2.64 bits per heavy atom. The first-order chi connectivity index (χ1) is 5.11. The van der Waals surface area contributed by atoms with Crippen LogP contribution in [0.4, 0.5) is 4.79 Å². The maximum Gasteiger partial charge on any atom is 0.289 e. The Labute approximate surface area is 66.4 Å². The molecule has 0 radical (unpaired) electrons. The van der Waals surface area contributed by atoms with Gasteiger partial charge in [-0.05, 0) is 0 Å². The highest BCUT2D eigenvalue weighted by Gasteiger charge is 2.29. The fraction of sp³-hybridized carbons (Fsp3) is 0.400. The van der Waals surface area contributed by atoms with Crippen molar-refractivity contribution >= 4 is 28.9 Å². The van der Waals surface area contributed by atoms with Crippen LogP contribution in [0.2, 0.25) is 0 Å². The minimum Gasteiger partial charge on any atom is -0.548 e. The predicted octanol–water partition coefficient (Wildman–Crippen LogP) is -1.57. The Morgan fingerprint density at radius 2 is 2.27 bits per heavy atom. The SMILES string of the molecule is O=C([O-])CN1C(=O)CSC1=O. The van der Waals surface area contributed by atoms with Gasteiger partial charge in [0.05, 0.1) is 18.3 Å². The van der Waals surface area contributed by atoms with E-state index >= 15 is 0 Å². The summed E-state index contributed by atoms with van der Waals surface area (Å²) in [5.41, 5.74) is 0. The number of carbonyl (C=O) groups excluding carboxylic acids is 3. The molecular formula is C5H4NO4S-. The number of nitrogens with zero attached hydrogens (tertiary/aromatic N) is 1. The number of amides is 2. The molecule has 2 amide bonds. The average molecular weight is 174 g/mol. The standard InChI is InChI=1S/C5H5NO4S/c7-3-2-11-5(10)6(3)1-4(8)9/h1-2H2,(H,8,9)/p-1. The van der Waals surface area contributed by atoms with Crippen molar-refractivity contribution in [3.05, 3.63) is 0 Å². The van der Waals surface area contributed by atoms with Gasteiger partial charge in [-0.3, -0.25) is 14.5 Å². The van der Waals surface area contributed by atoms with Crippen LogP contribution in [0.5, 0.6) is 0 Å². The molecule has 5 nitrogen and oxygen atoms in total. The van der Waals surface area contributed by atoms with Gasteiger partial charge in [-0.15, -0.1) is 0 Å². The van der Waals surface area contributed by atoms with Crippen LogP contribution in [0.25, 0.3) is 0 Å². The number of hydrogen-bond acceptors (Lipinski definition) is 5. The van der Waals surface area contributed by atoms with Crippen LogP contribution in [0, 0.1) is 0 Å². The first-order valence-electron chi connectivity index (χ1n) is 2.78. The van der Waals surface area contributed by atoms with Gasteiger partial charge in [0.2, 0.25) is 5.91 Å². The number of thioether (sulfide) groups is 1. The maximum atomic E-state index is 10.7. The Balaban J connectivity index is 2.62. The third-order valence-electron chi connectivity index (χ3n) is 1.13. The molecule has 0 N–H and O–H groups in total. The number of aliphatic carboxylic acids is 1. The normalized spacial score (nSPS) is 17.6. The molecule has 1 fully saturated rings. The number of hydrogen-bond donors (Lipinski definition) is 0. The molecule has 0 bridgehead atoms. The van der Waals surface area contributed by atoms with Gasteiger partial charge in [0.15, 0.2) is 0 Å². The van der Waals surface area contributed by atoms with Gasteiger partial charge < -0.3 is 9.90 Å². The minimum absolute atomic E-state index is 0.0338. The fourth-order valence-electron chi connectivity index (χ4n) is 0.663. The summed E-state index contributed by atoms with van der Waals surface area (Å²) in [6.07, 6.45) is 0. The second-order valence-electron chi connectivity index (χ2n) is 1.91. The van der Waals surface area contributed by atoms with Crippen LogP contribution < -0.4 is 5.11 Å². The van der Waals surface area contributed by atoms with Gasteiger partial charge in [-0.25, -0.2) is 0 Å². The lowest BCUT2D eigenvalue weighted by Gasteiger charge is -2.11. The summed E-state index contributed by atoms with van der Waals surface area (Å²) in [4.78, 5) is 32.1. The van der Waals surface area contributed by atoms with Gasteiger partial charge in [0.25, 0.3) is 5.24 Å². The molecule has 60 valence electrons. The topological polar surface area (TPSA) is 77.5 Å². The second-order valence-corrected chi connectivity index (χ2v) is 2.83. The number of carboxylic acid groups (broad SMARTS) is 1. The maximum absolute atomic E-state index is 10.7. The van der Waals surface area contributed by atoms with Crippen molar-refractivity contribution in [1.82, 2.24) is 4.90 Å². The van der Waals surface area contributed by atoms with Gasteiger partial charge in [0.1, 0.15) is 0 Å². The molecule has 1 aliphatic heterocycles. The molecule has 1 rings (SSSR count). The lowest BCUT2D eigenvalue weighted by Crippen LogP contribution is -2.40. The van der Waals surface area contributed by atoms with Crippen LogP contribution in [-0.4, -0.2) is 34.3 Å². The van der Waals surface area contributed by atoms with Gasteiger partial charge in [0, 0.05) is 0 Å². The van der Waals surface area contributed by atoms with Crippen molar-refractivity contribution in [2.75, 3.05) is 12.3 Å². The molecule has 1 heterocycles. The van der Waals surface area contributed by atoms with E-state index in [1.807, 2.05) is 0 Å². The summed E-state index contributed by atoms with van der Waals surface area (Å²) in [5.74, 6) is -1.86. The molecule has 0 unspecified atom stereocenters. The van der Waals surface area contributed by atoms with Crippen molar-refractivity contribution in [1.29, 1.82) is 0 Å². The molecule has 6 heteroatoms. The third kappa shape index (κ3) is 1.70. The Hall–Kier alpha value is -1.04. The average Bonchev–Trinajstić information content (AvgIpc) is 2.18. The van der Waals surface area contributed by atoms with Gasteiger partial charge in [-0.1, -0.05) is 11.8 Å². The predicted molar refractivity (Wildman–Crippen MR) is 34.6 cm³/mol. The van der Waals surface area contributed by atoms with E-state index in [0.29, 0.717) is 4.90 Å². The van der Waals surface area contributed by atoms with Crippen molar-refractivity contribution in [2.24, 2.45) is 0 Å². The first-order valence-corrected chi connectivity index (χ1v) is 3.77. The van der Waals surface area contributed by atoms with E-state index in [2.05, 4.69) is 0 Å². The minimum atomic E-state index is -1.42. The van der Waals surface area contributed by atoms with E-state index in [4.69, 9.17) is 0 Å². The molecular weight excluding hydrogens is 170 g/mol. The van der Waals surface area contributed by atoms with Crippen molar-refractivity contribution in [3.63, 3.8) is 0 Å². The molecule has 0 atom stereocenters. The van der Waals surface area contributed by atoms with Gasteiger partial charge in [-0.2, -0.15) is 0 Å². The second kappa shape index (κ2) is 2.91. The Kier molecular flexibility index (Phi) is 2.13. The monoisotopic (exact) mass is 174 g/mol. The summed E-state index contributed by atoms with van der Waals surface area (Å²) < 4.78 is 0. The molecule has 11 heavy (non-hydrogen) atoms. The summed E-state index contributed by atoms with van der Waals surface area (Å²) in [5, 5.41) is 9.47. The first kappa shape index (κ1) is 8.06. The summed E-state index contributed by atoms with van der Waals surface area (Å²) in [6, 6.07) is 0. The molecule has 0 saturated carbocycles. The van der Waals surface area contributed by atoms with Crippen molar-refractivity contribution < 1.29 is 19.5 Å². The van der Waals surface area contributed by atoms with E-state index in [9.17, 15) is 19.5 Å². The highest BCUT2D eigenvalue weighted by atomic mass is 32.2. The smallest absolute Gasteiger partial charge is 0.289 e. The van der Waals surface area contributed by atoms with Crippen LogP contribution >= 0.6 is 11.8 Å². The number of imide groups is 1. The van der Waals surface area contributed by atoms with Crippen LogP contribution in [0.1, 0.15) is 0 Å². The fourth-order valence-corrected chi connectivity index (χ4v) is 1.39. The molecule has 1 saturated heterocycles. The van der Waals surface area contributed by atoms with Crippen molar-refractivity contribution in [2.45, 2.75) is 0 Å². The van der Waals surface area contributed by atoms with E-state index in [-0.39, 0.29) is 5.75 Å². The largest absolute Gasteiger partial charge is 0.548 e. The van der Waals surface area contributed by atoms with Crippen LogP contribution in [0.15, 0.2) is 0 Å². The zero-order chi connectivity index (χ0) is 8.43. The van der Waals surface area contributed by atoms with Crippen molar-refractivity contribution in [3.8, 4) is 0 Å². The zero-order valence-electron chi connectivity index (χ0n) is 5.40. The highest BCUT2D eigenvalue weighted by molar-refractivity contribution is 8.14. The molecule has 0 aromatic carbocycles. The number of rotatable bonds is 2. The van der Waals surface area contributed by atoms with E-state index in [0.717, 1.165) is 11.8 Å². The number of carbonyl (C=O) groups is 3. The molecule has 0 aromatic heterocycles. The third-order valence-corrected chi connectivity index (χ3v) is 1.99. The lowest BCUT2D eigenvalue weighted by molar-refractivity contribution is -0.305. The van der Waals surface area contributed by atoms with E-state index in [1.165, 1.54) is 0 Å². The summed E-state index contributed by atoms with van der Waals surface area (Å²) in [7, 11) is 0. The highest BCUT2D eigenvalue weighted by Crippen LogP contribution is 2.17. The van der Waals surface area contributed by atoms with E-state index in [1.54, 1.807) is 0 Å². The Morgan fingerprint density at radius 1 is 1.64 bits per heavy atom. The van der Waals surface area contributed by atoms with E-state index < -0.39 is 23.7 Å². The number of carboxylic acids is 1. The molecule has 1 aliphatic rings. The molecule has 0 aromatic rings.